The van der Waals surface area contributed by atoms with Crippen molar-refractivity contribution in [1.82, 2.24) is 4.72 Å². The Morgan fingerprint density at radius 2 is 2.04 bits per heavy atom. The minimum Gasteiger partial charge on any atom is -0.326 e. The van der Waals surface area contributed by atoms with Gasteiger partial charge < -0.3 is 5.32 Å². The highest BCUT2D eigenvalue weighted by atomic mass is 32.2. The van der Waals surface area contributed by atoms with E-state index in [1.54, 1.807) is 13.8 Å². The van der Waals surface area contributed by atoms with Crippen LogP contribution >= 0.6 is 0 Å². The van der Waals surface area contributed by atoms with Crippen molar-refractivity contribution in [2.75, 3.05) is 11.1 Å². The molecule has 2 amide bonds. The van der Waals surface area contributed by atoms with E-state index >= 15 is 0 Å². The summed E-state index contributed by atoms with van der Waals surface area (Å²) >= 11 is 0. The second-order valence-electron chi connectivity index (χ2n) is 6.29. The molecule has 1 atom stereocenters. The molecule has 1 aromatic carbocycles. The normalized spacial score (nSPS) is 17.5. The molecule has 6 nitrogen and oxygen atoms in total. The number of rotatable bonds is 6. The largest absolute Gasteiger partial charge is 0.326 e. The molecule has 2 N–H and O–H groups in total. The van der Waals surface area contributed by atoms with E-state index < -0.39 is 15.9 Å². The third-order valence-electron chi connectivity index (χ3n) is 3.65. The standard InChI is InChI=1S/C16H22N2O4S/c1-11(2)10-23(21,22)18-15(19)8-7-13-9-12-5-3-4-6-14(12)17-16(13)20/h3-6,11,13H,7-10H2,1-2H3,(H,17,20)(H,18,19). The monoisotopic (exact) mass is 338 g/mol. The molecule has 126 valence electrons. The van der Waals surface area contributed by atoms with E-state index in [0.29, 0.717) is 12.8 Å². The van der Waals surface area contributed by atoms with Crippen LogP contribution in [0.3, 0.4) is 0 Å². The Labute approximate surface area is 136 Å². The van der Waals surface area contributed by atoms with Crippen LogP contribution in [0.4, 0.5) is 5.69 Å². The van der Waals surface area contributed by atoms with E-state index in [2.05, 4.69) is 10.0 Å². The lowest BCUT2D eigenvalue weighted by Crippen LogP contribution is -2.35. The van der Waals surface area contributed by atoms with Crippen molar-refractivity contribution in [1.29, 1.82) is 0 Å². The Bertz CT molecular complexity index is 698. The van der Waals surface area contributed by atoms with Crippen molar-refractivity contribution < 1.29 is 18.0 Å². The molecule has 2 rings (SSSR count). The third-order valence-corrected chi connectivity index (χ3v) is 5.30. The summed E-state index contributed by atoms with van der Waals surface area (Å²) in [5.74, 6) is -1.14. The Hall–Kier alpha value is -1.89. The van der Waals surface area contributed by atoms with Crippen molar-refractivity contribution in [3.63, 3.8) is 0 Å². The predicted molar refractivity (Wildman–Crippen MR) is 88.3 cm³/mol. The van der Waals surface area contributed by atoms with Gasteiger partial charge in [0.05, 0.1) is 5.75 Å². The molecule has 0 fully saturated rings. The van der Waals surface area contributed by atoms with E-state index in [4.69, 9.17) is 0 Å². The first kappa shape index (κ1) is 17.5. The van der Waals surface area contributed by atoms with Crippen LogP contribution in [0.15, 0.2) is 24.3 Å². The summed E-state index contributed by atoms with van der Waals surface area (Å²) in [5, 5.41) is 2.82. The number of anilines is 1. The maximum Gasteiger partial charge on any atom is 0.235 e. The van der Waals surface area contributed by atoms with Gasteiger partial charge in [0.15, 0.2) is 0 Å². The lowest BCUT2D eigenvalue weighted by molar-refractivity contribution is -0.121. The van der Waals surface area contributed by atoms with Gasteiger partial charge in [-0.05, 0) is 30.4 Å². The number of para-hydroxylation sites is 1. The van der Waals surface area contributed by atoms with Crippen molar-refractivity contribution in [2.45, 2.75) is 33.1 Å². The molecule has 1 aliphatic heterocycles. The summed E-state index contributed by atoms with van der Waals surface area (Å²) in [6.07, 6.45) is 0.898. The topological polar surface area (TPSA) is 92.3 Å². The highest BCUT2D eigenvalue weighted by Gasteiger charge is 2.26. The molecule has 1 heterocycles. The highest BCUT2D eigenvalue weighted by molar-refractivity contribution is 7.90. The van der Waals surface area contributed by atoms with Gasteiger partial charge in [0.25, 0.3) is 0 Å². The maximum atomic E-state index is 12.0. The van der Waals surface area contributed by atoms with Gasteiger partial charge in [-0.1, -0.05) is 32.0 Å². The molecule has 0 radical (unpaired) electrons. The van der Waals surface area contributed by atoms with Gasteiger partial charge >= 0.3 is 0 Å². The van der Waals surface area contributed by atoms with Crippen LogP contribution in [0.2, 0.25) is 0 Å². The predicted octanol–water partition coefficient (Wildman–Crippen LogP) is 1.68. The number of hydrogen-bond acceptors (Lipinski definition) is 4. The van der Waals surface area contributed by atoms with Crippen LogP contribution in [0.25, 0.3) is 0 Å². The van der Waals surface area contributed by atoms with Gasteiger partial charge in [-0.15, -0.1) is 0 Å². The van der Waals surface area contributed by atoms with Crippen LogP contribution in [-0.4, -0.2) is 26.0 Å². The van der Waals surface area contributed by atoms with Crippen LogP contribution in [0, 0.1) is 11.8 Å². The molecule has 1 unspecified atom stereocenters. The fraction of sp³-hybridized carbons (Fsp3) is 0.500. The highest BCUT2D eigenvalue weighted by Crippen LogP contribution is 2.27. The van der Waals surface area contributed by atoms with E-state index in [1.807, 2.05) is 24.3 Å². The fourth-order valence-corrected chi connectivity index (χ4v) is 4.07. The number of carbonyl (C=O) groups excluding carboxylic acids is 2. The first-order valence-corrected chi connectivity index (χ1v) is 9.34. The summed E-state index contributed by atoms with van der Waals surface area (Å²) in [6.45, 7) is 3.54. The van der Waals surface area contributed by atoms with Gasteiger partial charge in [-0.25, -0.2) is 8.42 Å². The maximum absolute atomic E-state index is 12.0. The number of amides is 2. The van der Waals surface area contributed by atoms with Gasteiger partial charge in [0.2, 0.25) is 21.8 Å². The quantitative estimate of drug-likeness (QED) is 0.825. The molecule has 0 saturated heterocycles. The molecular weight excluding hydrogens is 316 g/mol. The summed E-state index contributed by atoms with van der Waals surface area (Å²) in [6, 6.07) is 7.54. The van der Waals surface area contributed by atoms with Crippen molar-refractivity contribution >= 4 is 27.5 Å². The van der Waals surface area contributed by atoms with E-state index in [-0.39, 0.29) is 29.9 Å². The van der Waals surface area contributed by atoms with E-state index in [0.717, 1.165) is 11.3 Å². The molecule has 0 saturated carbocycles. The number of benzene rings is 1. The fourth-order valence-electron chi connectivity index (χ4n) is 2.66. The zero-order valence-electron chi connectivity index (χ0n) is 13.3. The first-order valence-electron chi connectivity index (χ1n) is 7.69. The number of hydrogen-bond donors (Lipinski definition) is 2. The number of nitrogens with one attached hydrogen (secondary N) is 2. The average molecular weight is 338 g/mol. The van der Waals surface area contributed by atoms with Crippen LogP contribution < -0.4 is 10.0 Å². The summed E-state index contributed by atoms with van der Waals surface area (Å²) in [5.41, 5.74) is 1.84. The Morgan fingerprint density at radius 1 is 1.35 bits per heavy atom. The lowest BCUT2D eigenvalue weighted by Gasteiger charge is -2.24. The number of fused-ring (bicyclic) bond motifs is 1. The van der Waals surface area contributed by atoms with Crippen molar-refractivity contribution in [3.8, 4) is 0 Å². The molecular formula is C16H22N2O4S. The minimum absolute atomic E-state index is 0.0115. The zero-order chi connectivity index (χ0) is 17.0. The van der Waals surface area contributed by atoms with Gasteiger partial charge in [0.1, 0.15) is 0 Å². The molecule has 0 spiro atoms. The molecule has 1 aliphatic rings. The summed E-state index contributed by atoms with van der Waals surface area (Å²) in [4.78, 5) is 23.9. The summed E-state index contributed by atoms with van der Waals surface area (Å²) in [7, 11) is -3.60. The van der Waals surface area contributed by atoms with Crippen LogP contribution in [0.5, 0.6) is 0 Å². The van der Waals surface area contributed by atoms with Crippen LogP contribution in [0.1, 0.15) is 32.3 Å². The van der Waals surface area contributed by atoms with Crippen molar-refractivity contribution in [3.05, 3.63) is 29.8 Å². The number of sulfonamides is 1. The lowest BCUT2D eigenvalue weighted by atomic mass is 9.90. The minimum atomic E-state index is -3.60. The second-order valence-corrected chi connectivity index (χ2v) is 8.05. The molecule has 1 aromatic rings. The van der Waals surface area contributed by atoms with E-state index in [1.165, 1.54) is 0 Å². The molecule has 0 aliphatic carbocycles. The third kappa shape index (κ3) is 5.06. The smallest absolute Gasteiger partial charge is 0.235 e. The molecule has 7 heteroatoms. The SMILES string of the molecule is CC(C)CS(=O)(=O)NC(=O)CCC1Cc2ccccc2NC1=O. The average Bonchev–Trinajstić information content (AvgIpc) is 2.43. The zero-order valence-corrected chi connectivity index (χ0v) is 14.2. The Balaban J connectivity index is 1.89. The molecule has 0 bridgehead atoms. The van der Waals surface area contributed by atoms with Crippen molar-refractivity contribution in [2.24, 2.45) is 11.8 Å². The molecule has 0 aromatic heterocycles. The van der Waals surface area contributed by atoms with Crippen LogP contribution in [-0.2, 0) is 26.0 Å². The second kappa shape index (κ2) is 7.12. The summed E-state index contributed by atoms with van der Waals surface area (Å²) < 4.78 is 25.5. The van der Waals surface area contributed by atoms with Gasteiger partial charge in [-0.2, -0.15) is 0 Å². The first-order chi connectivity index (χ1) is 10.8. The van der Waals surface area contributed by atoms with Gasteiger partial charge in [-0.3, -0.25) is 14.3 Å². The number of carbonyl (C=O) groups is 2. The van der Waals surface area contributed by atoms with E-state index in [9.17, 15) is 18.0 Å². The Kier molecular flexibility index (Phi) is 5.41. The Morgan fingerprint density at radius 3 is 2.74 bits per heavy atom. The van der Waals surface area contributed by atoms with Gasteiger partial charge in [0, 0.05) is 18.0 Å². The molecule has 23 heavy (non-hydrogen) atoms.